The van der Waals surface area contributed by atoms with E-state index >= 15 is 0 Å². The largest absolute Gasteiger partial charge is 0.496 e. The number of hydrogen-bond donors (Lipinski definition) is 5. The summed E-state index contributed by atoms with van der Waals surface area (Å²) in [6.07, 6.45) is -6.96. The topological polar surface area (TPSA) is 159 Å². The molecule has 1 unspecified atom stereocenters. The van der Waals surface area contributed by atoms with Gasteiger partial charge < -0.3 is 44.2 Å². The Hall–Kier alpha value is -2.21. The molecule has 1 saturated heterocycles. The Balaban J connectivity index is 2.32. The van der Waals surface area contributed by atoms with Crippen molar-refractivity contribution >= 4 is 11.0 Å². The zero-order chi connectivity index (χ0) is 19.9. The SMILES string of the molecule is COc1cc2ccc(=O)oc2c(OC)c1C1(O)O[C@H](CO)[C@@H](O)[C@H](O)[C@H]1O. The van der Waals surface area contributed by atoms with Crippen molar-refractivity contribution in [2.24, 2.45) is 0 Å². The average molecular weight is 384 g/mol. The van der Waals surface area contributed by atoms with Gasteiger partial charge in [0.1, 0.15) is 35.7 Å². The van der Waals surface area contributed by atoms with Gasteiger partial charge in [0, 0.05) is 11.5 Å². The van der Waals surface area contributed by atoms with Crippen molar-refractivity contribution in [3.8, 4) is 11.5 Å². The van der Waals surface area contributed by atoms with Gasteiger partial charge in [0.15, 0.2) is 11.3 Å². The van der Waals surface area contributed by atoms with Crippen molar-refractivity contribution in [3.05, 3.63) is 34.2 Å². The molecule has 10 heteroatoms. The molecule has 0 aliphatic carbocycles. The number of ether oxygens (including phenoxy) is 3. The summed E-state index contributed by atoms with van der Waals surface area (Å²) in [5, 5.41) is 51.4. The lowest BCUT2D eigenvalue weighted by atomic mass is 9.87. The van der Waals surface area contributed by atoms with Gasteiger partial charge in [-0.25, -0.2) is 4.79 Å². The van der Waals surface area contributed by atoms with Crippen molar-refractivity contribution < 1.29 is 44.2 Å². The zero-order valence-corrected chi connectivity index (χ0v) is 14.5. The first kappa shape index (κ1) is 19.5. The third-order valence-corrected chi connectivity index (χ3v) is 4.58. The Labute approximate surface area is 152 Å². The van der Waals surface area contributed by atoms with Gasteiger partial charge in [0.25, 0.3) is 0 Å². The Morgan fingerprint density at radius 1 is 1.15 bits per heavy atom. The molecule has 1 fully saturated rings. The maximum Gasteiger partial charge on any atom is 0.336 e. The summed E-state index contributed by atoms with van der Waals surface area (Å²) >= 11 is 0. The zero-order valence-electron chi connectivity index (χ0n) is 14.5. The van der Waals surface area contributed by atoms with Gasteiger partial charge >= 0.3 is 5.63 Å². The number of rotatable bonds is 4. The number of methoxy groups -OCH3 is 2. The molecule has 1 aliphatic rings. The van der Waals surface area contributed by atoms with Gasteiger partial charge in [0.05, 0.1) is 20.8 Å². The fourth-order valence-corrected chi connectivity index (χ4v) is 3.21. The molecule has 5 N–H and O–H groups in total. The molecule has 1 aliphatic heterocycles. The van der Waals surface area contributed by atoms with E-state index in [4.69, 9.17) is 18.6 Å². The van der Waals surface area contributed by atoms with E-state index < -0.39 is 42.4 Å². The monoisotopic (exact) mass is 384 g/mol. The van der Waals surface area contributed by atoms with Crippen LogP contribution in [0.4, 0.5) is 0 Å². The Bertz CT molecular complexity index is 891. The molecular weight excluding hydrogens is 364 g/mol. The van der Waals surface area contributed by atoms with Crippen LogP contribution in [0.3, 0.4) is 0 Å². The van der Waals surface area contributed by atoms with E-state index in [0.717, 1.165) is 0 Å². The van der Waals surface area contributed by atoms with Crippen LogP contribution >= 0.6 is 0 Å². The predicted molar refractivity (Wildman–Crippen MR) is 89.5 cm³/mol. The van der Waals surface area contributed by atoms with Gasteiger partial charge in [-0.05, 0) is 12.1 Å². The third kappa shape index (κ3) is 2.96. The van der Waals surface area contributed by atoms with Crippen molar-refractivity contribution in [2.45, 2.75) is 30.2 Å². The molecule has 27 heavy (non-hydrogen) atoms. The molecule has 148 valence electrons. The molecule has 0 bridgehead atoms. The normalized spacial score (nSPS) is 31.1. The number of aliphatic hydroxyl groups is 5. The second-order valence-electron chi connectivity index (χ2n) is 6.12. The molecule has 0 spiro atoms. The highest BCUT2D eigenvalue weighted by Crippen LogP contribution is 2.47. The molecule has 3 rings (SSSR count). The fraction of sp³-hybridized carbons (Fsp3) is 0.471. The van der Waals surface area contributed by atoms with Gasteiger partial charge in [-0.3, -0.25) is 0 Å². The summed E-state index contributed by atoms with van der Waals surface area (Å²) in [4.78, 5) is 11.6. The lowest BCUT2D eigenvalue weighted by Gasteiger charge is -2.46. The van der Waals surface area contributed by atoms with Crippen molar-refractivity contribution in [2.75, 3.05) is 20.8 Å². The summed E-state index contributed by atoms with van der Waals surface area (Å²) in [6.45, 7) is -0.749. The minimum absolute atomic E-state index is 0.00460. The molecule has 2 aromatic rings. The molecule has 5 atom stereocenters. The van der Waals surface area contributed by atoms with Crippen LogP contribution in [0.5, 0.6) is 11.5 Å². The van der Waals surface area contributed by atoms with Gasteiger partial charge in [-0.2, -0.15) is 0 Å². The molecule has 1 aromatic heterocycles. The van der Waals surface area contributed by atoms with Crippen LogP contribution in [0.2, 0.25) is 0 Å². The van der Waals surface area contributed by atoms with E-state index in [0.29, 0.717) is 5.39 Å². The summed E-state index contributed by atoms with van der Waals surface area (Å²) < 4.78 is 21.0. The molecular formula is C17H20O10. The Kier molecular flexibility index (Phi) is 5.12. The average Bonchev–Trinajstić information content (AvgIpc) is 2.67. The Morgan fingerprint density at radius 2 is 1.85 bits per heavy atom. The van der Waals surface area contributed by atoms with Crippen LogP contribution in [0.15, 0.2) is 27.4 Å². The summed E-state index contributed by atoms with van der Waals surface area (Å²) in [7, 11) is 2.52. The van der Waals surface area contributed by atoms with Crippen molar-refractivity contribution in [1.29, 1.82) is 0 Å². The second kappa shape index (κ2) is 7.08. The summed E-state index contributed by atoms with van der Waals surface area (Å²) in [5.74, 6) is -2.83. The lowest BCUT2D eigenvalue weighted by Crippen LogP contribution is -2.63. The minimum Gasteiger partial charge on any atom is -0.496 e. The van der Waals surface area contributed by atoms with E-state index in [1.54, 1.807) is 0 Å². The molecule has 0 amide bonds. The van der Waals surface area contributed by atoms with Gasteiger partial charge in [-0.15, -0.1) is 0 Å². The first-order chi connectivity index (χ1) is 12.8. The fourth-order valence-electron chi connectivity index (χ4n) is 3.21. The first-order valence-corrected chi connectivity index (χ1v) is 8.03. The quantitative estimate of drug-likeness (QED) is 0.390. The number of aliphatic hydroxyl groups excluding tert-OH is 4. The number of hydrogen-bond acceptors (Lipinski definition) is 10. The highest BCUT2D eigenvalue weighted by atomic mass is 16.7. The predicted octanol–water partition coefficient (Wildman–Crippen LogP) is -1.57. The maximum atomic E-state index is 11.6. The van der Waals surface area contributed by atoms with Crippen molar-refractivity contribution in [3.63, 3.8) is 0 Å². The second-order valence-corrected chi connectivity index (χ2v) is 6.12. The van der Waals surface area contributed by atoms with Crippen LogP contribution in [0.25, 0.3) is 11.0 Å². The lowest BCUT2D eigenvalue weighted by molar-refractivity contribution is -0.358. The number of fused-ring (bicyclic) bond motifs is 1. The minimum atomic E-state index is -2.65. The summed E-state index contributed by atoms with van der Waals surface area (Å²) in [6, 6.07) is 4.05. The van der Waals surface area contributed by atoms with Crippen LogP contribution in [-0.4, -0.2) is 70.8 Å². The van der Waals surface area contributed by atoms with Crippen LogP contribution in [-0.2, 0) is 10.5 Å². The van der Waals surface area contributed by atoms with Crippen molar-refractivity contribution in [1.82, 2.24) is 0 Å². The number of benzene rings is 1. The van der Waals surface area contributed by atoms with Crippen LogP contribution in [0, 0.1) is 0 Å². The van der Waals surface area contributed by atoms with E-state index in [-0.39, 0.29) is 22.6 Å². The maximum absolute atomic E-state index is 11.6. The van der Waals surface area contributed by atoms with E-state index in [2.05, 4.69) is 0 Å². The van der Waals surface area contributed by atoms with E-state index in [9.17, 15) is 30.3 Å². The molecule has 0 radical (unpaired) electrons. The van der Waals surface area contributed by atoms with Crippen LogP contribution < -0.4 is 15.1 Å². The molecule has 0 saturated carbocycles. The third-order valence-electron chi connectivity index (χ3n) is 4.58. The van der Waals surface area contributed by atoms with E-state index in [1.807, 2.05) is 0 Å². The van der Waals surface area contributed by atoms with Crippen LogP contribution in [0.1, 0.15) is 5.56 Å². The molecule has 2 heterocycles. The van der Waals surface area contributed by atoms with E-state index in [1.165, 1.54) is 32.4 Å². The highest BCUT2D eigenvalue weighted by Gasteiger charge is 2.56. The first-order valence-electron chi connectivity index (χ1n) is 8.03. The molecule has 10 nitrogen and oxygen atoms in total. The standard InChI is InChI=1S/C17H20O10/c1-24-8-5-7-3-4-10(19)26-14(7)15(25-2)11(8)17(23)16(22)13(21)12(20)9(6-18)27-17/h3-5,9,12-13,16,18,20-23H,6H2,1-2H3/t9-,12-,13+,16-,17?/m1/s1. The van der Waals surface area contributed by atoms with Gasteiger partial charge in [-0.1, -0.05) is 0 Å². The highest BCUT2D eigenvalue weighted by molar-refractivity contribution is 5.86. The summed E-state index contributed by atoms with van der Waals surface area (Å²) in [5.41, 5.74) is -1.00. The van der Waals surface area contributed by atoms with Gasteiger partial charge in [0.2, 0.25) is 5.79 Å². The smallest absolute Gasteiger partial charge is 0.336 e. The molecule has 1 aromatic carbocycles. The Morgan fingerprint density at radius 3 is 2.44 bits per heavy atom.